The third-order valence-corrected chi connectivity index (χ3v) is 6.06. The molecule has 0 spiro atoms. The van der Waals surface area contributed by atoms with Gasteiger partial charge >= 0.3 is 0 Å². The quantitative estimate of drug-likeness (QED) is 0.485. The molecule has 0 unspecified atom stereocenters. The Labute approximate surface area is 183 Å². The van der Waals surface area contributed by atoms with Gasteiger partial charge < -0.3 is 15.8 Å². The summed E-state index contributed by atoms with van der Waals surface area (Å²) in [7, 11) is 0. The Bertz CT molecular complexity index is 1190. The second-order valence-electron chi connectivity index (χ2n) is 7.24. The molecule has 2 bridgehead atoms. The number of anilines is 1. The van der Waals surface area contributed by atoms with Crippen LogP contribution >= 0.6 is 11.3 Å². The number of pyridine rings is 1. The lowest BCUT2D eigenvalue weighted by atomic mass is 9.98. The lowest BCUT2D eigenvalue weighted by Gasteiger charge is -2.21. The van der Waals surface area contributed by atoms with Gasteiger partial charge in [0.2, 0.25) is 0 Å². The maximum absolute atomic E-state index is 14.2. The highest BCUT2D eigenvalue weighted by Gasteiger charge is 2.24. The van der Waals surface area contributed by atoms with Crippen molar-refractivity contribution in [2.24, 2.45) is 5.11 Å². The van der Waals surface area contributed by atoms with Crippen LogP contribution in [0.2, 0.25) is 0 Å². The molecule has 160 valence electrons. The van der Waals surface area contributed by atoms with Crippen molar-refractivity contribution in [1.29, 1.82) is 5.53 Å². The lowest BCUT2D eigenvalue weighted by Crippen LogP contribution is -2.16. The average molecular weight is 439 g/mol. The molecular formula is C22H23FN6OS. The number of ether oxygens (including phenoxy) is 1. The highest BCUT2D eigenvalue weighted by Crippen LogP contribution is 2.39. The van der Waals surface area contributed by atoms with E-state index in [0.29, 0.717) is 41.2 Å². The third kappa shape index (κ3) is 4.00. The zero-order chi connectivity index (χ0) is 22.1. The molecule has 1 aromatic carbocycles. The molecule has 4 rings (SSSR count). The number of nitrogens with two attached hydrogens (primary N) is 1. The molecule has 0 fully saturated rings. The summed E-state index contributed by atoms with van der Waals surface area (Å²) >= 11 is 1.54. The van der Waals surface area contributed by atoms with Crippen LogP contribution in [0.4, 0.5) is 10.2 Å². The maximum Gasteiger partial charge on any atom is 0.166 e. The molecule has 2 aromatic heterocycles. The third-order valence-electron chi connectivity index (χ3n) is 5.09. The van der Waals surface area contributed by atoms with Gasteiger partial charge in [0.25, 0.3) is 0 Å². The van der Waals surface area contributed by atoms with Crippen molar-refractivity contribution in [3.63, 3.8) is 0 Å². The normalized spacial score (nSPS) is 18.1. The number of nitrogens with one attached hydrogen (secondary N) is 2. The first-order chi connectivity index (χ1) is 14.9. The maximum atomic E-state index is 14.2. The summed E-state index contributed by atoms with van der Waals surface area (Å²) in [6, 6.07) is 6.38. The van der Waals surface area contributed by atoms with Crippen LogP contribution in [0.25, 0.3) is 17.0 Å². The van der Waals surface area contributed by atoms with E-state index in [1.807, 2.05) is 20.8 Å². The zero-order valence-electron chi connectivity index (χ0n) is 17.5. The molecule has 1 atom stereocenters. The van der Waals surface area contributed by atoms with Gasteiger partial charge in [-0.3, -0.25) is 0 Å². The number of thiazole rings is 1. The fourth-order valence-electron chi connectivity index (χ4n) is 3.71. The van der Waals surface area contributed by atoms with Gasteiger partial charge in [0.05, 0.1) is 22.1 Å². The van der Waals surface area contributed by atoms with E-state index in [4.69, 9.17) is 21.0 Å². The van der Waals surface area contributed by atoms with Crippen molar-refractivity contribution in [3.8, 4) is 17.0 Å². The van der Waals surface area contributed by atoms with Crippen LogP contribution in [-0.2, 0) is 6.42 Å². The summed E-state index contributed by atoms with van der Waals surface area (Å²) < 4.78 is 20.3. The standard InChI is InChI=1S/C22H23FN6OS/c1-4-26-20-13-7-18(22(24)27-10-13)30-11(2)16-8-14(23)5-6-15(16)21-19(9-17(20)29-25)31-12(3)28-21/h5-8,10-11,25-26H,4,9H2,1-3H3,(H2,24,27)/b20-17-,29-25?/t11-/m1/s1. The van der Waals surface area contributed by atoms with Gasteiger partial charge in [-0.2, -0.15) is 5.11 Å². The van der Waals surface area contributed by atoms with Crippen molar-refractivity contribution in [2.75, 3.05) is 12.3 Å². The molecule has 0 saturated heterocycles. The highest BCUT2D eigenvalue weighted by molar-refractivity contribution is 7.12. The minimum atomic E-state index is -0.494. The highest BCUT2D eigenvalue weighted by atomic mass is 32.1. The van der Waals surface area contributed by atoms with Gasteiger partial charge in [-0.25, -0.2) is 19.9 Å². The molecule has 1 aliphatic rings. The van der Waals surface area contributed by atoms with E-state index in [9.17, 15) is 4.39 Å². The van der Waals surface area contributed by atoms with E-state index in [1.165, 1.54) is 23.5 Å². The van der Waals surface area contributed by atoms with Crippen LogP contribution in [0.1, 0.15) is 41.0 Å². The number of aryl methyl sites for hydroxylation is 1. The van der Waals surface area contributed by atoms with E-state index in [-0.39, 0.29) is 11.6 Å². The van der Waals surface area contributed by atoms with Gasteiger partial charge in [-0.15, -0.1) is 11.3 Å². The Morgan fingerprint density at radius 3 is 2.94 bits per heavy atom. The van der Waals surface area contributed by atoms with Crippen LogP contribution in [0.15, 0.2) is 41.3 Å². The number of halogens is 1. The van der Waals surface area contributed by atoms with E-state index < -0.39 is 6.10 Å². The van der Waals surface area contributed by atoms with Crippen molar-refractivity contribution in [1.82, 2.24) is 15.3 Å². The summed E-state index contributed by atoms with van der Waals surface area (Å²) in [5.74, 6) is 0.261. The molecule has 31 heavy (non-hydrogen) atoms. The number of nitrogens with zero attached hydrogens (tertiary/aromatic N) is 3. The largest absolute Gasteiger partial charge is 0.482 e. The molecule has 0 saturated carbocycles. The van der Waals surface area contributed by atoms with Gasteiger partial charge in [0.15, 0.2) is 11.6 Å². The molecular weight excluding hydrogens is 415 g/mol. The van der Waals surface area contributed by atoms with Crippen LogP contribution in [0.3, 0.4) is 0 Å². The monoisotopic (exact) mass is 438 g/mol. The van der Waals surface area contributed by atoms with E-state index in [2.05, 4.69) is 15.4 Å². The van der Waals surface area contributed by atoms with Gasteiger partial charge in [-0.1, -0.05) is 0 Å². The number of aromatic nitrogens is 2. The number of hydrogen-bond donors (Lipinski definition) is 3. The number of allylic oxidation sites excluding steroid dienone is 1. The minimum absolute atomic E-state index is 0.232. The molecule has 7 nitrogen and oxygen atoms in total. The Balaban J connectivity index is 2.03. The zero-order valence-corrected chi connectivity index (χ0v) is 18.3. The predicted molar refractivity (Wildman–Crippen MR) is 119 cm³/mol. The molecule has 3 heterocycles. The Hall–Kier alpha value is -3.33. The smallest absolute Gasteiger partial charge is 0.166 e. The van der Waals surface area contributed by atoms with Gasteiger partial charge in [0, 0.05) is 40.7 Å². The summed E-state index contributed by atoms with van der Waals surface area (Å²) in [5, 5.41) is 8.01. The van der Waals surface area contributed by atoms with Gasteiger partial charge in [-0.05, 0) is 45.0 Å². The number of rotatable bonds is 3. The van der Waals surface area contributed by atoms with Crippen LogP contribution in [-0.4, -0.2) is 16.5 Å². The first-order valence-corrected chi connectivity index (χ1v) is 10.8. The first-order valence-electron chi connectivity index (χ1n) is 9.94. The summed E-state index contributed by atoms with van der Waals surface area (Å²) in [4.78, 5) is 9.95. The number of nitrogen functional groups attached to an aromatic ring is 1. The molecule has 0 aliphatic carbocycles. The van der Waals surface area contributed by atoms with Crippen LogP contribution in [0.5, 0.6) is 5.75 Å². The van der Waals surface area contributed by atoms with Crippen LogP contribution in [0, 0.1) is 18.3 Å². The Kier molecular flexibility index (Phi) is 5.69. The minimum Gasteiger partial charge on any atom is -0.482 e. The predicted octanol–water partition coefficient (Wildman–Crippen LogP) is 5.24. The van der Waals surface area contributed by atoms with Gasteiger partial charge in [0.1, 0.15) is 11.9 Å². The average Bonchev–Trinajstić information content (AvgIpc) is 3.11. The van der Waals surface area contributed by atoms with Crippen molar-refractivity contribution < 1.29 is 9.13 Å². The number of fused-ring (bicyclic) bond motifs is 5. The summed E-state index contributed by atoms with van der Waals surface area (Å²) in [5.41, 5.74) is 18.1. The van der Waals surface area contributed by atoms with Crippen molar-refractivity contribution in [2.45, 2.75) is 33.3 Å². The molecule has 9 heteroatoms. The Morgan fingerprint density at radius 2 is 2.19 bits per heavy atom. The topological polar surface area (TPSA) is 109 Å². The van der Waals surface area contributed by atoms with E-state index in [0.717, 1.165) is 21.1 Å². The van der Waals surface area contributed by atoms with E-state index >= 15 is 0 Å². The fraction of sp³-hybridized carbons (Fsp3) is 0.273. The summed E-state index contributed by atoms with van der Waals surface area (Å²) in [6.45, 7) is 6.39. The summed E-state index contributed by atoms with van der Waals surface area (Å²) in [6.07, 6.45) is 1.54. The molecule has 0 amide bonds. The second kappa shape index (κ2) is 8.43. The molecule has 1 aliphatic heterocycles. The second-order valence-corrected chi connectivity index (χ2v) is 8.53. The van der Waals surface area contributed by atoms with E-state index in [1.54, 1.807) is 18.3 Å². The first kappa shape index (κ1) is 20.9. The molecule has 3 aromatic rings. The van der Waals surface area contributed by atoms with Crippen molar-refractivity contribution in [3.05, 3.63) is 63.0 Å². The van der Waals surface area contributed by atoms with Crippen molar-refractivity contribution >= 4 is 22.9 Å². The number of hydrogen-bond acceptors (Lipinski definition) is 8. The number of benzene rings is 1. The molecule has 0 radical (unpaired) electrons. The SMILES string of the molecule is CCN/C1=C(\N=N)Cc2sc(C)nc2-c2ccc(F)cc2[C@@H](C)Oc2cc1cnc2N. The van der Waals surface area contributed by atoms with Crippen LogP contribution < -0.4 is 15.8 Å². The lowest BCUT2D eigenvalue weighted by molar-refractivity contribution is 0.227. The fourth-order valence-corrected chi connectivity index (χ4v) is 4.66. The Morgan fingerprint density at radius 1 is 1.39 bits per heavy atom. The molecule has 4 N–H and O–H groups in total.